The summed E-state index contributed by atoms with van der Waals surface area (Å²) in [6, 6.07) is 0. The van der Waals surface area contributed by atoms with Gasteiger partial charge in [0.1, 0.15) is 0 Å². The van der Waals surface area contributed by atoms with E-state index in [1.165, 1.54) is 0 Å². The van der Waals surface area contributed by atoms with E-state index in [-0.39, 0.29) is 41.5 Å². The zero-order chi connectivity index (χ0) is 2.71. The average molecular weight is 258 g/mol. The monoisotopic (exact) mass is 260 g/mol. The molecule has 0 radical (unpaired) electrons. The molecule has 0 amide bonds. The Bertz CT molecular complexity index is 17.1. The van der Waals surface area contributed by atoms with Gasteiger partial charge in [0.25, 0.3) is 0 Å². The van der Waals surface area contributed by atoms with Gasteiger partial charge in [-0.05, 0) is 0 Å². The van der Waals surface area contributed by atoms with E-state index in [0.29, 0.717) is 0 Å². The van der Waals surface area contributed by atoms with E-state index in [4.69, 9.17) is 0 Å². The fourth-order valence-corrected chi connectivity index (χ4v) is 0. The number of hydrogen-bond donors (Lipinski definition) is 0. The first-order chi connectivity index (χ1) is 1.41. The third-order valence-corrected chi connectivity index (χ3v) is 0. The van der Waals surface area contributed by atoms with Crippen LogP contribution in [0.4, 0.5) is 0 Å². The fraction of sp³-hybridized carbons (Fsp3) is 0. The summed E-state index contributed by atoms with van der Waals surface area (Å²) in [5.74, 6) is 0. The van der Waals surface area contributed by atoms with Gasteiger partial charge in [0.05, 0.1) is 0 Å². The van der Waals surface area contributed by atoms with Gasteiger partial charge in [-0.3, -0.25) is 0 Å². The van der Waals surface area contributed by atoms with Crippen molar-refractivity contribution in [3.05, 3.63) is 12.3 Å². The summed E-state index contributed by atoms with van der Waals surface area (Å²) in [5.41, 5.74) is 1.89. The summed E-state index contributed by atoms with van der Waals surface area (Å²) in [4.78, 5) is 0. The first kappa shape index (κ1) is 16.3. The van der Waals surface area contributed by atoms with Crippen molar-refractivity contribution in [2.75, 3.05) is 0 Å². The Morgan fingerprint density at radius 2 is 1.60 bits per heavy atom. The second-order valence-corrected chi connectivity index (χ2v) is 1.22. The molecule has 0 fully saturated rings. The molecule has 0 aliphatic rings. The van der Waals surface area contributed by atoms with Gasteiger partial charge in [-0.2, -0.15) is 0 Å². The van der Waals surface area contributed by atoms with Crippen LogP contribution in [0.5, 0.6) is 0 Å². The third kappa shape index (κ3) is 34.2. The second-order valence-electron chi connectivity index (χ2n) is 0.408. The molecule has 3 heteroatoms. The molecule has 34 valence electrons. The summed E-state index contributed by atoms with van der Waals surface area (Å²) in [6.45, 7) is 3.42. The number of hydrogen-bond acceptors (Lipinski definition) is 0. The molecule has 0 aliphatic carbocycles. The van der Waals surface area contributed by atoms with Gasteiger partial charge in [0.15, 0.2) is 0 Å². The van der Waals surface area contributed by atoms with Crippen LogP contribution in [0.25, 0.3) is 0 Å². The Morgan fingerprint density at radius 1 is 1.60 bits per heavy atom. The Hall–Kier alpha value is 1.30. The molecule has 0 atom stereocenters. The molecular weight excluding hydrogens is 243 g/mol. The molecule has 0 saturated carbocycles. The first-order valence-electron chi connectivity index (χ1n) is 0.986. The van der Waals surface area contributed by atoms with Gasteiger partial charge in [0.2, 0.25) is 0 Å². The second kappa shape index (κ2) is 18.5. The van der Waals surface area contributed by atoms with Crippen LogP contribution in [-0.2, 0) is 0 Å². The maximum absolute atomic E-state index is 3.42. The van der Waals surface area contributed by atoms with Crippen LogP contribution in [0, 0.1) is 0 Å². The van der Waals surface area contributed by atoms with Crippen molar-refractivity contribution in [1.29, 1.82) is 0 Å². The normalized spacial score (nSPS) is 3.20. The molecule has 0 nitrogen and oxygen atoms in total. The molecule has 0 saturated heterocycles. The van der Waals surface area contributed by atoms with Crippen LogP contribution >= 0.6 is 0 Å². The topological polar surface area (TPSA) is 0 Å². The predicted octanol–water partition coefficient (Wildman–Crippen LogP) is -3.41. The first-order valence-corrected chi connectivity index (χ1v) is 2.14. The summed E-state index contributed by atoms with van der Waals surface area (Å²) < 4.78 is 0. The molecular formula is C2H14GeSiSn. The minimum atomic E-state index is 0. The summed E-state index contributed by atoms with van der Waals surface area (Å²) >= 11 is 0. The quantitative estimate of drug-likeness (QED) is 0.397. The molecule has 0 bridgehead atoms. The van der Waals surface area contributed by atoms with Crippen LogP contribution in [0.1, 0.15) is 0 Å². The Kier molecular flexibility index (Phi) is 60.2. The third-order valence-electron chi connectivity index (χ3n) is 0. The van der Waals surface area contributed by atoms with Crippen molar-refractivity contribution >= 4 is 51.7 Å². The molecule has 0 aromatic carbocycles. The van der Waals surface area contributed by atoms with Gasteiger partial charge in [-0.25, -0.2) is 0 Å². The van der Waals surface area contributed by atoms with Gasteiger partial charge in [-0.1, -0.05) is 0 Å². The van der Waals surface area contributed by atoms with E-state index in [1.54, 1.807) is 0 Å². The molecule has 0 aliphatic heterocycles. The zero-order valence-electron chi connectivity index (χ0n) is 2.28. The molecule has 0 spiro atoms. The SMILES string of the molecule is C=C[SiH3].[GeH4].[SnH4]. The molecule has 0 rings (SSSR count). The summed E-state index contributed by atoms with van der Waals surface area (Å²) in [5, 5.41) is 0. The van der Waals surface area contributed by atoms with Crippen LogP contribution in [0.15, 0.2) is 12.3 Å². The molecule has 5 heavy (non-hydrogen) atoms. The van der Waals surface area contributed by atoms with Crippen molar-refractivity contribution in [2.45, 2.75) is 0 Å². The average Bonchev–Trinajstić information content (AvgIpc) is 0.918. The predicted molar refractivity (Wildman–Crippen MR) is 42.8 cm³/mol. The fourth-order valence-electron chi connectivity index (χ4n) is 0. The standard InChI is InChI=1S/C2H6Si.GeH4.Sn.4H/c1-2-3;;;;;;/h2H,1H2,3H3;1H4;;;;;. The van der Waals surface area contributed by atoms with Crippen molar-refractivity contribution < 1.29 is 0 Å². The van der Waals surface area contributed by atoms with Crippen LogP contribution in [0.2, 0.25) is 0 Å². The summed E-state index contributed by atoms with van der Waals surface area (Å²) in [6.07, 6.45) is 0. The van der Waals surface area contributed by atoms with E-state index in [2.05, 4.69) is 6.58 Å². The van der Waals surface area contributed by atoms with Gasteiger partial charge in [-0.15, -0.1) is 12.3 Å². The van der Waals surface area contributed by atoms with E-state index >= 15 is 0 Å². The van der Waals surface area contributed by atoms with Crippen molar-refractivity contribution in [3.63, 3.8) is 0 Å². The van der Waals surface area contributed by atoms with E-state index < -0.39 is 0 Å². The Balaban J connectivity index is -0.0000000200. The Labute approximate surface area is 63.8 Å². The Morgan fingerprint density at radius 3 is 1.60 bits per heavy atom. The van der Waals surface area contributed by atoms with Gasteiger partial charge < -0.3 is 0 Å². The minimum absolute atomic E-state index is 0. The van der Waals surface area contributed by atoms with Crippen molar-refractivity contribution in [1.82, 2.24) is 0 Å². The van der Waals surface area contributed by atoms with Crippen LogP contribution in [0.3, 0.4) is 0 Å². The molecule has 0 aromatic rings. The molecule has 0 heterocycles. The van der Waals surface area contributed by atoms with Crippen molar-refractivity contribution in [3.8, 4) is 0 Å². The van der Waals surface area contributed by atoms with E-state index in [9.17, 15) is 0 Å². The number of rotatable bonds is 0. The molecule has 0 aromatic heterocycles. The van der Waals surface area contributed by atoms with E-state index in [1.807, 2.05) is 5.70 Å². The molecule has 0 unspecified atom stereocenters. The van der Waals surface area contributed by atoms with Crippen molar-refractivity contribution in [2.24, 2.45) is 0 Å². The zero-order valence-corrected chi connectivity index (χ0v) is 4.28. The van der Waals surface area contributed by atoms with E-state index in [0.717, 1.165) is 10.2 Å². The van der Waals surface area contributed by atoms with Crippen LogP contribution in [-0.4, -0.2) is 51.7 Å². The van der Waals surface area contributed by atoms with Gasteiger partial charge in [0, 0.05) is 10.2 Å². The van der Waals surface area contributed by atoms with Gasteiger partial charge >= 0.3 is 41.5 Å². The molecule has 0 N–H and O–H groups in total. The van der Waals surface area contributed by atoms with Crippen LogP contribution < -0.4 is 0 Å². The maximum atomic E-state index is 3.42. The summed E-state index contributed by atoms with van der Waals surface area (Å²) in [7, 11) is 1.13.